The van der Waals surface area contributed by atoms with Gasteiger partial charge in [0.15, 0.2) is 11.6 Å². The van der Waals surface area contributed by atoms with E-state index in [2.05, 4.69) is 4.98 Å². The normalized spacial score (nSPS) is 11.4. The average Bonchev–Trinajstić information content (AvgIpc) is 2.60. The minimum absolute atomic E-state index is 0.110. The monoisotopic (exact) mass is 439 g/mol. The second-order valence-electron chi connectivity index (χ2n) is 5.53. The summed E-state index contributed by atoms with van der Waals surface area (Å²) in [6.45, 7) is 1.49. The van der Waals surface area contributed by atoms with Gasteiger partial charge in [0.25, 0.3) is 5.56 Å². The SMILES string of the molecule is CCOC(=O)CCOc1nc(-n2c(=O)cc(C(F)(F)F)n(C)c2=O)c(F)cc1Cl. The summed E-state index contributed by atoms with van der Waals surface area (Å²) in [5.41, 5.74) is -4.44. The number of carbonyl (C=O) groups excluding carboxylic acids is 1. The van der Waals surface area contributed by atoms with Gasteiger partial charge < -0.3 is 9.47 Å². The van der Waals surface area contributed by atoms with E-state index in [9.17, 15) is 31.9 Å². The van der Waals surface area contributed by atoms with Crippen LogP contribution in [0.4, 0.5) is 17.6 Å². The molecule has 0 spiro atoms. The molecule has 0 aliphatic carbocycles. The van der Waals surface area contributed by atoms with E-state index in [-0.39, 0.29) is 39.9 Å². The Kier molecular flexibility index (Phi) is 6.67. The van der Waals surface area contributed by atoms with Gasteiger partial charge in [-0.1, -0.05) is 11.6 Å². The first kappa shape index (κ1) is 22.4. The lowest BCUT2D eigenvalue weighted by molar-refractivity contribution is -0.144. The number of rotatable bonds is 6. The van der Waals surface area contributed by atoms with Gasteiger partial charge in [-0.3, -0.25) is 14.2 Å². The first-order valence-electron chi connectivity index (χ1n) is 8.02. The van der Waals surface area contributed by atoms with Crippen molar-refractivity contribution in [2.75, 3.05) is 13.2 Å². The van der Waals surface area contributed by atoms with Gasteiger partial charge in [0.05, 0.1) is 13.0 Å². The molecular weight excluding hydrogens is 426 g/mol. The molecule has 0 bridgehead atoms. The number of nitrogens with zero attached hydrogens (tertiary/aromatic N) is 3. The summed E-state index contributed by atoms with van der Waals surface area (Å²) < 4.78 is 63.1. The Labute approximate surface area is 165 Å². The zero-order valence-electron chi connectivity index (χ0n) is 15.0. The van der Waals surface area contributed by atoms with Gasteiger partial charge in [-0.2, -0.15) is 18.2 Å². The minimum Gasteiger partial charge on any atom is -0.476 e. The minimum atomic E-state index is -4.97. The van der Waals surface area contributed by atoms with Crippen LogP contribution in [0, 0.1) is 5.82 Å². The number of hydrogen-bond acceptors (Lipinski definition) is 6. The lowest BCUT2D eigenvalue weighted by atomic mass is 10.3. The van der Waals surface area contributed by atoms with Crippen molar-refractivity contribution < 1.29 is 31.8 Å². The van der Waals surface area contributed by atoms with Crippen LogP contribution < -0.4 is 16.0 Å². The van der Waals surface area contributed by atoms with Gasteiger partial charge in [0.1, 0.15) is 17.3 Å². The molecule has 2 rings (SSSR count). The van der Waals surface area contributed by atoms with Gasteiger partial charge in [-0.15, -0.1) is 0 Å². The summed E-state index contributed by atoms with van der Waals surface area (Å²) in [5.74, 6) is -3.16. The number of esters is 1. The second kappa shape index (κ2) is 8.64. The molecule has 0 aliphatic rings. The second-order valence-corrected chi connectivity index (χ2v) is 5.93. The summed E-state index contributed by atoms with van der Waals surface area (Å²) in [6, 6.07) is 0.811. The van der Waals surface area contributed by atoms with Crippen LogP contribution in [0.3, 0.4) is 0 Å². The fourth-order valence-corrected chi connectivity index (χ4v) is 2.45. The first-order valence-corrected chi connectivity index (χ1v) is 8.40. The third kappa shape index (κ3) is 4.94. The van der Waals surface area contributed by atoms with Crippen molar-refractivity contribution >= 4 is 17.6 Å². The molecule has 13 heteroatoms. The zero-order chi connectivity index (χ0) is 21.9. The highest BCUT2D eigenvalue weighted by atomic mass is 35.5. The number of carbonyl (C=O) groups is 1. The lowest BCUT2D eigenvalue weighted by Crippen LogP contribution is -2.41. The van der Waals surface area contributed by atoms with Crippen LogP contribution >= 0.6 is 11.6 Å². The number of halogens is 5. The highest BCUT2D eigenvalue weighted by Crippen LogP contribution is 2.28. The summed E-state index contributed by atoms with van der Waals surface area (Å²) in [6.07, 6.45) is -5.17. The fraction of sp³-hybridized carbons (Fsp3) is 0.375. The molecule has 0 atom stereocenters. The Morgan fingerprint density at radius 1 is 1.28 bits per heavy atom. The molecule has 29 heavy (non-hydrogen) atoms. The Morgan fingerprint density at radius 2 is 1.93 bits per heavy atom. The van der Waals surface area contributed by atoms with Crippen molar-refractivity contribution in [1.29, 1.82) is 0 Å². The molecular formula is C16H14ClF4N3O5. The number of alkyl halides is 3. The van der Waals surface area contributed by atoms with Gasteiger partial charge in [-0.25, -0.2) is 13.8 Å². The Morgan fingerprint density at radius 3 is 2.52 bits per heavy atom. The Hall–Kier alpha value is -2.89. The largest absolute Gasteiger partial charge is 0.476 e. The van der Waals surface area contributed by atoms with Gasteiger partial charge in [-0.05, 0) is 6.92 Å². The van der Waals surface area contributed by atoms with Crippen molar-refractivity contribution in [3.05, 3.63) is 49.5 Å². The van der Waals surface area contributed by atoms with Gasteiger partial charge in [0, 0.05) is 19.2 Å². The van der Waals surface area contributed by atoms with Crippen LogP contribution in [0.1, 0.15) is 19.0 Å². The molecule has 2 aromatic rings. The predicted octanol–water partition coefficient (Wildman–Crippen LogP) is 2.07. The molecule has 0 saturated carbocycles. The number of aromatic nitrogens is 3. The van der Waals surface area contributed by atoms with E-state index in [4.69, 9.17) is 21.1 Å². The fourth-order valence-electron chi connectivity index (χ4n) is 2.26. The maximum absolute atomic E-state index is 14.3. The summed E-state index contributed by atoms with van der Waals surface area (Å²) in [5, 5.41) is -0.341. The third-order valence-electron chi connectivity index (χ3n) is 3.55. The Bertz CT molecular complexity index is 1050. The number of ether oxygens (including phenoxy) is 2. The van der Waals surface area contributed by atoms with Crippen molar-refractivity contribution in [3.63, 3.8) is 0 Å². The summed E-state index contributed by atoms with van der Waals surface area (Å²) in [7, 11) is 0.770. The molecule has 0 radical (unpaired) electrons. The van der Waals surface area contributed by atoms with E-state index in [1.807, 2.05) is 0 Å². The van der Waals surface area contributed by atoms with E-state index >= 15 is 0 Å². The van der Waals surface area contributed by atoms with Crippen molar-refractivity contribution in [2.45, 2.75) is 19.5 Å². The maximum Gasteiger partial charge on any atom is 0.431 e. The van der Waals surface area contributed by atoms with Crippen molar-refractivity contribution in [2.24, 2.45) is 7.05 Å². The number of hydrogen-bond donors (Lipinski definition) is 0. The van der Waals surface area contributed by atoms with Gasteiger partial charge >= 0.3 is 17.8 Å². The number of pyridine rings is 1. The van der Waals surface area contributed by atoms with E-state index in [0.29, 0.717) is 6.07 Å². The van der Waals surface area contributed by atoms with Crippen LogP contribution in [0.2, 0.25) is 5.02 Å². The predicted molar refractivity (Wildman–Crippen MR) is 91.8 cm³/mol. The standard InChI is InChI=1S/C16H14ClF4N3O5/c1-3-28-12(26)4-5-29-14-8(17)6-9(18)13(22-14)24-11(25)7-10(16(19,20)21)23(2)15(24)27/h6-7H,3-5H2,1-2H3. The molecule has 158 valence electrons. The molecule has 0 fully saturated rings. The third-order valence-corrected chi connectivity index (χ3v) is 3.82. The zero-order valence-corrected chi connectivity index (χ0v) is 15.8. The van der Waals surface area contributed by atoms with Crippen LogP contribution in [0.25, 0.3) is 5.82 Å². The molecule has 0 N–H and O–H groups in total. The Balaban J connectivity index is 2.48. The van der Waals surface area contributed by atoms with Crippen LogP contribution in [-0.2, 0) is 22.8 Å². The molecule has 8 nitrogen and oxygen atoms in total. The molecule has 0 amide bonds. The maximum atomic E-state index is 14.3. The lowest BCUT2D eigenvalue weighted by Gasteiger charge is -2.14. The van der Waals surface area contributed by atoms with Crippen molar-refractivity contribution in [1.82, 2.24) is 14.1 Å². The van der Waals surface area contributed by atoms with Crippen LogP contribution in [0.15, 0.2) is 21.7 Å². The highest BCUT2D eigenvalue weighted by Gasteiger charge is 2.35. The molecule has 0 aromatic carbocycles. The molecule has 2 aromatic heterocycles. The topological polar surface area (TPSA) is 92.4 Å². The van der Waals surface area contributed by atoms with E-state index in [0.717, 1.165) is 7.05 Å². The van der Waals surface area contributed by atoms with Gasteiger partial charge in [0.2, 0.25) is 5.88 Å². The van der Waals surface area contributed by atoms with Crippen LogP contribution in [0.5, 0.6) is 5.88 Å². The summed E-state index contributed by atoms with van der Waals surface area (Å²) >= 11 is 5.80. The highest BCUT2D eigenvalue weighted by molar-refractivity contribution is 6.31. The first-order chi connectivity index (χ1) is 13.5. The molecule has 0 aliphatic heterocycles. The molecule has 0 saturated heterocycles. The van der Waals surface area contributed by atoms with Crippen molar-refractivity contribution in [3.8, 4) is 11.7 Å². The van der Waals surface area contributed by atoms with E-state index < -0.39 is 46.6 Å². The summed E-state index contributed by atoms with van der Waals surface area (Å²) in [4.78, 5) is 39.3. The smallest absolute Gasteiger partial charge is 0.431 e. The quantitative estimate of drug-likeness (QED) is 0.505. The average molecular weight is 440 g/mol. The van der Waals surface area contributed by atoms with E-state index in [1.165, 1.54) is 0 Å². The van der Waals surface area contributed by atoms with Crippen LogP contribution in [-0.4, -0.2) is 33.3 Å². The molecule has 0 unspecified atom stereocenters. The van der Waals surface area contributed by atoms with E-state index in [1.54, 1.807) is 6.92 Å². The molecule has 2 heterocycles.